The van der Waals surface area contributed by atoms with Gasteiger partial charge in [-0.2, -0.15) is 0 Å². The summed E-state index contributed by atoms with van der Waals surface area (Å²) in [7, 11) is -4.16. The predicted octanol–water partition coefficient (Wildman–Crippen LogP) is 6.27. The Hall–Kier alpha value is -2.56. The highest BCUT2D eigenvalue weighted by Gasteiger charge is 2.35. The zero-order chi connectivity index (χ0) is 26.5. The summed E-state index contributed by atoms with van der Waals surface area (Å²) in [6.45, 7) is 8.77. The minimum absolute atomic E-state index is 0.0756. The third kappa shape index (κ3) is 5.37. The van der Waals surface area contributed by atoms with Crippen molar-refractivity contribution >= 4 is 50.4 Å². The molecular formula is C26H30ClN3O5S2. The summed E-state index contributed by atoms with van der Waals surface area (Å²) < 4.78 is 40.2. The molecule has 8 nitrogen and oxygen atoms in total. The average molecular weight is 564 g/mol. The van der Waals surface area contributed by atoms with Crippen molar-refractivity contribution in [2.75, 3.05) is 22.8 Å². The van der Waals surface area contributed by atoms with Crippen LogP contribution in [0.2, 0.25) is 5.02 Å². The van der Waals surface area contributed by atoms with E-state index in [0.717, 1.165) is 52.3 Å². The number of rotatable bonds is 10. The van der Waals surface area contributed by atoms with Gasteiger partial charge in [-0.25, -0.2) is 13.1 Å². The van der Waals surface area contributed by atoms with E-state index in [9.17, 15) is 13.2 Å². The number of carbonyl (C=O) groups is 1. The number of sulfonamides is 1. The summed E-state index contributed by atoms with van der Waals surface area (Å²) in [6, 6.07) is 3.46. The third-order valence-electron chi connectivity index (χ3n) is 6.80. The van der Waals surface area contributed by atoms with Crippen LogP contribution in [-0.4, -0.2) is 32.6 Å². The van der Waals surface area contributed by atoms with Gasteiger partial charge in [0, 0.05) is 12.1 Å². The van der Waals surface area contributed by atoms with E-state index in [2.05, 4.69) is 9.88 Å². The summed E-state index contributed by atoms with van der Waals surface area (Å²) in [6.07, 6.45) is 4.45. The first-order valence-electron chi connectivity index (χ1n) is 12.3. The molecule has 2 aromatic heterocycles. The topological polar surface area (TPSA) is 102 Å². The van der Waals surface area contributed by atoms with Crippen molar-refractivity contribution < 1.29 is 22.5 Å². The highest BCUT2D eigenvalue weighted by atomic mass is 35.5. The van der Waals surface area contributed by atoms with Gasteiger partial charge in [-0.15, -0.1) is 11.3 Å². The number of hydrogen-bond acceptors (Lipinski definition) is 7. The van der Waals surface area contributed by atoms with E-state index in [1.165, 1.54) is 18.9 Å². The number of hydrogen-bond donors (Lipinski definition) is 1. The summed E-state index contributed by atoms with van der Waals surface area (Å²) in [4.78, 5) is 15.8. The predicted molar refractivity (Wildman–Crippen MR) is 145 cm³/mol. The van der Waals surface area contributed by atoms with Crippen molar-refractivity contribution in [2.45, 2.75) is 58.3 Å². The first kappa shape index (κ1) is 26.1. The Morgan fingerprint density at radius 2 is 1.89 bits per heavy atom. The van der Waals surface area contributed by atoms with E-state index in [4.69, 9.17) is 20.9 Å². The van der Waals surface area contributed by atoms with Gasteiger partial charge in [0.1, 0.15) is 26.2 Å². The van der Waals surface area contributed by atoms with E-state index >= 15 is 0 Å². The molecule has 3 aromatic rings. The highest BCUT2D eigenvalue weighted by molar-refractivity contribution is 7.93. The average Bonchev–Trinajstić information content (AvgIpc) is 3.76. The van der Waals surface area contributed by atoms with Crippen LogP contribution in [0.15, 0.2) is 26.9 Å². The number of nitrogens with one attached hydrogen (secondary N) is 1. The molecule has 1 N–H and O–H groups in total. The van der Waals surface area contributed by atoms with E-state index in [-0.39, 0.29) is 26.6 Å². The van der Waals surface area contributed by atoms with Crippen LogP contribution in [0.25, 0.3) is 0 Å². The van der Waals surface area contributed by atoms with Crippen molar-refractivity contribution in [1.29, 1.82) is 0 Å². The van der Waals surface area contributed by atoms with Gasteiger partial charge >= 0.3 is 0 Å². The second-order valence-corrected chi connectivity index (χ2v) is 13.0. The minimum Gasteiger partial charge on any atom is -0.493 e. The van der Waals surface area contributed by atoms with Crippen LogP contribution in [0, 0.1) is 39.5 Å². The van der Waals surface area contributed by atoms with E-state index in [1.54, 1.807) is 17.2 Å². The van der Waals surface area contributed by atoms with Gasteiger partial charge in [0.05, 0.1) is 12.3 Å². The highest BCUT2D eigenvalue weighted by Crippen LogP contribution is 2.41. The Bertz CT molecular complexity index is 1450. The van der Waals surface area contributed by atoms with Gasteiger partial charge in [0.25, 0.3) is 21.8 Å². The molecule has 0 bridgehead atoms. The van der Waals surface area contributed by atoms with Crippen molar-refractivity contribution in [3.05, 3.63) is 49.8 Å². The molecule has 0 radical (unpaired) electrons. The molecule has 0 unspecified atom stereocenters. The van der Waals surface area contributed by atoms with Crippen LogP contribution in [0.5, 0.6) is 5.75 Å². The molecule has 11 heteroatoms. The van der Waals surface area contributed by atoms with Gasteiger partial charge in [0.2, 0.25) is 0 Å². The first-order valence-corrected chi connectivity index (χ1v) is 15.1. The van der Waals surface area contributed by atoms with Gasteiger partial charge < -0.3 is 14.2 Å². The molecule has 1 amide bonds. The quantitative estimate of drug-likeness (QED) is 0.312. The second-order valence-electron chi connectivity index (χ2n) is 10.1. The molecule has 37 heavy (non-hydrogen) atoms. The fourth-order valence-electron chi connectivity index (χ4n) is 4.50. The molecule has 0 spiro atoms. The van der Waals surface area contributed by atoms with Crippen LogP contribution in [0.4, 0.5) is 11.6 Å². The Balaban J connectivity index is 1.51. The molecular weight excluding hydrogens is 534 g/mol. The van der Waals surface area contributed by atoms with Gasteiger partial charge in [-0.05, 0) is 87.8 Å². The number of thiophene rings is 1. The molecule has 0 atom stereocenters. The Morgan fingerprint density at radius 3 is 2.51 bits per heavy atom. The number of aromatic nitrogens is 1. The maximum Gasteiger partial charge on any atom is 0.269 e. The lowest BCUT2D eigenvalue weighted by molar-refractivity contribution is 0.0986. The number of benzene rings is 1. The second kappa shape index (κ2) is 9.96. The minimum atomic E-state index is -4.16. The number of ether oxygens (including phenoxy) is 1. The summed E-state index contributed by atoms with van der Waals surface area (Å²) in [5.41, 5.74) is 4.02. The van der Waals surface area contributed by atoms with Crippen LogP contribution < -0.4 is 14.4 Å². The molecule has 5 rings (SSSR count). The normalized spacial score (nSPS) is 15.6. The molecule has 2 aliphatic rings. The summed E-state index contributed by atoms with van der Waals surface area (Å²) in [5, 5.41) is 5.37. The van der Waals surface area contributed by atoms with Gasteiger partial charge in [-0.3, -0.25) is 4.79 Å². The Kier molecular flexibility index (Phi) is 7.02. The number of amides is 1. The van der Waals surface area contributed by atoms with Crippen LogP contribution in [-0.2, 0) is 10.0 Å². The maximum absolute atomic E-state index is 14.1. The molecule has 2 saturated carbocycles. The van der Waals surface area contributed by atoms with Gasteiger partial charge in [0.15, 0.2) is 0 Å². The molecule has 198 valence electrons. The lowest BCUT2D eigenvalue weighted by Gasteiger charge is -2.28. The summed E-state index contributed by atoms with van der Waals surface area (Å²) >= 11 is 7.21. The molecule has 1 aromatic carbocycles. The first-order chi connectivity index (χ1) is 17.6. The number of anilines is 2. The zero-order valence-corrected chi connectivity index (χ0v) is 23.6. The Labute approximate surface area is 226 Å². The van der Waals surface area contributed by atoms with E-state index in [0.29, 0.717) is 30.7 Å². The largest absolute Gasteiger partial charge is 0.493 e. The van der Waals surface area contributed by atoms with Crippen molar-refractivity contribution in [3.8, 4) is 5.75 Å². The fraction of sp³-hybridized carbons (Fsp3) is 0.462. The van der Waals surface area contributed by atoms with Crippen LogP contribution in [0.3, 0.4) is 0 Å². The third-order valence-corrected chi connectivity index (χ3v) is 9.65. The van der Waals surface area contributed by atoms with Crippen LogP contribution >= 0.6 is 22.9 Å². The Morgan fingerprint density at radius 1 is 1.19 bits per heavy atom. The number of carbonyl (C=O) groups excluding carboxylic acids is 1. The van der Waals surface area contributed by atoms with Crippen LogP contribution in [0.1, 0.15) is 57.7 Å². The van der Waals surface area contributed by atoms with E-state index in [1.807, 2.05) is 26.8 Å². The fourth-order valence-corrected chi connectivity index (χ4v) is 7.04. The molecule has 0 saturated heterocycles. The summed E-state index contributed by atoms with van der Waals surface area (Å²) in [5.74, 6) is 1.25. The monoisotopic (exact) mass is 563 g/mol. The van der Waals surface area contributed by atoms with Crippen molar-refractivity contribution in [1.82, 2.24) is 5.16 Å². The smallest absolute Gasteiger partial charge is 0.269 e. The molecule has 0 aliphatic heterocycles. The maximum atomic E-state index is 14.1. The standard InChI is InChI=1S/C26H30ClN3O5S2/c1-14-11-15(2)23(34-13-19-7-8-19)16(3)22(14)30(12-18-5-6-18)26(31)24-20(9-10-36-24)37(32,33)29-25-21(27)17(4)28-35-25/h9-11,18-19,29H,5-8,12-13H2,1-4H3. The SMILES string of the molecule is Cc1cc(C)c(N(CC2CC2)C(=O)c2sccc2S(=O)(=O)Nc2onc(C)c2Cl)c(C)c1OCC1CC1. The number of halogens is 1. The zero-order valence-electron chi connectivity index (χ0n) is 21.3. The van der Waals surface area contributed by atoms with Crippen molar-refractivity contribution in [3.63, 3.8) is 0 Å². The lowest BCUT2D eigenvalue weighted by Crippen LogP contribution is -2.35. The lowest BCUT2D eigenvalue weighted by atomic mass is 10.0. The number of aryl methyl sites for hydroxylation is 3. The van der Waals surface area contributed by atoms with E-state index < -0.39 is 10.0 Å². The molecule has 2 aliphatic carbocycles. The molecule has 2 fully saturated rings. The molecule has 2 heterocycles. The van der Waals surface area contributed by atoms with Crippen molar-refractivity contribution in [2.24, 2.45) is 11.8 Å². The van der Waals surface area contributed by atoms with Gasteiger partial charge in [-0.1, -0.05) is 22.8 Å². The number of nitrogens with zero attached hydrogens (tertiary/aromatic N) is 2.